The van der Waals surface area contributed by atoms with Crippen molar-refractivity contribution in [1.82, 2.24) is 0 Å². The van der Waals surface area contributed by atoms with Gasteiger partial charge in [-0.15, -0.1) is 0 Å². The van der Waals surface area contributed by atoms with Gasteiger partial charge in [-0.1, -0.05) is 0 Å². The summed E-state index contributed by atoms with van der Waals surface area (Å²) in [4.78, 5) is 0. The van der Waals surface area contributed by atoms with E-state index in [1.807, 2.05) is 0 Å². The van der Waals surface area contributed by atoms with Crippen LogP contribution in [0.5, 0.6) is 0 Å². The van der Waals surface area contributed by atoms with Gasteiger partial charge in [0.1, 0.15) is 0 Å². The zero-order chi connectivity index (χ0) is 3.41. The topological polar surface area (TPSA) is 47.6 Å². The Kier molecular flexibility index (Phi) is 42.2. The van der Waals surface area contributed by atoms with Crippen molar-refractivity contribution in [3.63, 3.8) is 0 Å². The molecule has 0 spiro atoms. The first-order valence-corrected chi connectivity index (χ1v) is 1.21. The van der Waals surface area contributed by atoms with E-state index in [0.29, 0.717) is 0 Å². The van der Waals surface area contributed by atoms with Crippen molar-refractivity contribution in [3.05, 3.63) is 11.5 Å². The molecule has 0 aliphatic carbocycles. The molecule has 0 saturated heterocycles. The average Bonchev–Trinajstić information content (AvgIpc) is 1.37. The molecule has 0 rings (SSSR count). The maximum absolute atomic E-state index is 6.26. The molecule has 0 amide bonds. The summed E-state index contributed by atoms with van der Waals surface area (Å²) in [6.07, 6.45) is 0. The Morgan fingerprint density at radius 2 is 1.00 bits per heavy atom. The molecule has 0 unspecified atom stereocenters. The minimum atomic E-state index is 0. The maximum atomic E-state index is 6.26. The summed E-state index contributed by atoms with van der Waals surface area (Å²) < 4.78 is 0. The summed E-state index contributed by atoms with van der Waals surface area (Å²) >= 11 is 0. The Labute approximate surface area is 124 Å². The molecule has 0 saturated carbocycles. The molecular weight excluding hydrogens is 130 g/mol. The van der Waals surface area contributed by atoms with Gasteiger partial charge in [-0.2, -0.15) is 13.1 Å². The van der Waals surface area contributed by atoms with Crippen LogP contribution in [0.3, 0.4) is 0 Å². The molecule has 0 aliphatic heterocycles. The Bertz CT molecular complexity index is 11.5. The van der Waals surface area contributed by atoms with Crippen LogP contribution in [-0.4, -0.2) is 13.1 Å². The van der Waals surface area contributed by atoms with Crippen LogP contribution in [0.2, 0.25) is 0 Å². The summed E-state index contributed by atoms with van der Waals surface area (Å²) in [7, 11) is 0. The second-order valence-electron chi connectivity index (χ2n) is 0.500. The van der Waals surface area contributed by atoms with Crippen LogP contribution in [0.25, 0.3) is 11.5 Å². The molecule has 0 aromatic heterocycles. The van der Waals surface area contributed by atoms with E-state index in [-0.39, 0.29) is 116 Å². The molecule has 0 aliphatic rings. The monoisotopic (exact) mass is 136 g/mol. The summed E-state index contributed by atoms with van der Waals surface area (Å²) in [6, 6.07) is 0. The van der Waals surface area contributed by atoms with Gasteiger partial charge in [-0.25, -0.2) is 0 Å². The van der Waals surface area contributed by atoms with Crippen LogP contribution >= 0.6 is 0 Å². The zero-order valence-electron chi connectivity index (χ0n) is 4.41. The summed E-state index contributed by atoms with van der Waals surface area (Å²) in [5.41, 5.74) is 12.5. The number of rotatable bonds is 1. The molecule has 6 heavy (non-hydrogen) atoms. The third-order valence-corrected chi connectivity index (χ3v) is 0.125. The van der Waals surface area contributed by atoms with Gasteiger partial charge in [0, 0.05) is 0 Å². The average molecular weight is 136 g/mol. The Balaban J connectivity index is -0.0000000450. The fourth-order valence-electron chi connectivity index (χ4n) is 0. The standard InChI is InChI=1S/C2H6N2.2K/c3-1-2-4;;/h3-4H,1-2H2;;/q-2;2*+1. The molecule has 0 heterocycles. The van der Waals surface area contributed by atoms with Gasteiger partial charge >= 0.3 is 103 Å². The van der Waals surface area contributed by atoms with Crippen molar-refractivity contribution in [3.8, 4) is 0 Å². The molecule has 2 nitrogen and oxygen atoms in total. The van der Waals surface area contributed by atoms with E-state index in [4.69, 9.17) is 11.5 Å². The first kappa shape index (κ1) is 16.1. The quantitative estimate of drug-likeness (QED) is 0.325. The smallest absolute Gasteiger partial charge is 0.679 e. The van der Waals surface area contributed by atoms with Gasteiger partial charge in [0.2, 0.25) is 0 Å². The molecule has 26 valence electrons. The van der Waals surface area contributed by atoms with Crippen LogP contribution in [-0.2, 0) is 0 Å². The van der Waals surface area contributed by atoms with Crippen molar-refractivity contribution in [2.45, 2.75) is 0 Å². The van der Waals surface area contributed by atoms with Crippen LogP contribution in [0, 0.1) is 0 Å². The van der Waals surface area contributed by atoms with Crippen LogP contribution in [0.4, 0.5) is 0 Å². The third-order valence-electron chi connectivity index (χ3n) is 0.125. The van der Waals surface area contributed by atoms with E-state index in [1.165, 1.54) is 0 Å². The second-order valence-corrected chi connectivity index (χ2v) is 0.500. The van der Waals surface area contributed by atoms with Crippen molar-refractivity contribution in [2.24, 2.45) is 0 Å². The largest absolute Gasteiger partial charge is 1.00 e. The number of hydrogen-bond acceptors (Lipinski definition) is 0. The molecule has 2 N–H and O–H groups in total. The van der Waals surface area contributed by atoms with Gasteiger partial charge in [0.25, 0.3) is 0 Å². The van der Waals surface area contributed by atoms with E-state index < -0.39 is 0 Å². The minimum absolute atomic E-state index is 0. The van der Waals surface area contributed by atoms with E-state index in [0.717, 1.165) is 0 Å². The van der Waals surface area contributed by atoms with E-state index >= 15 is 0 Å². The van der Waals surface area contributed by atoms with Crippen LogP contribution in [0.1, 0.15) is 0 Å². The normalized spacial score (nSPS) is 5.00. The van der Waals surface area contributed by atoms with Crippen LogP contribution in [0.15, 0.2) is 0 Å². The fraction of sp³-hybridized carbons (Fsp3) is 1.00. The number of nitrogens with one attached hydrogen (secondary N) is 2. The van der Waals surface area contributed by atoms with E-state index in [1.54, 1.807) is 0 Å². The first-order valence-electron chi connectivity index (χ1n) is 1.21. The fourth-order valence-corrected chi connectivity index (χ4v) is 0. The summed E-state index contributed by atoms with van der Waals surface area (Å²) in [5, 5.41) is 0. The molecule has 0 bridgehead atoms. The van der Waals surface area contributed by atoms with Crippen molar-refractivity contribution in [1.29, 1.82) is 0 Å². The van der Waals surface area contributed by atoms with Gasteiger partial charge in [-0.05, 0) is 0 Å². The molecule has 0 radical (unpaired) electrons. The Morgan fingerprint density at radius 1 is 0.833 bits per heavy atom. The molecule has 4 heteroatoms. The Morgan fingerprint density at radius 3 is 1.00 bits per heavy atom. The Hall–Kier alpha value is 3.19. The van der Waals surface area contributed by atoms with E-state index in [9.17, 15) is 0 Å². The van der Waals surface area contributed by atoms with Gasteiger partial charge in [0.15, 0.2) is 0 Å². The zero-order valence-corrected chi connectivity index (χ0v) is 10.7. The van der Waals surface area contributed by atoms with Crippen molar-refractivity contribution in [2.75, 3.05) is 13.1 Å². The predicted molar refractivity (Wildman–Crippen MR) is 18.4 cm³/mol. The minimum Gasteiger partial charge on any atom is -0.679 e. The second kappa shape index (κ2) is 15.7. The van der Waals surface area contributed by atoms with Gasteiger partial charge in [0.05, 0.1) is 0 Å². The molecular formula is C2H6K2N2. The molecule has 0 aromatic rings. The van der Waals surface area contributed by atoms with Gasteiger partial charge < -0.3 is 11.5 Å². The van der Waals surface area contributed by atoms with E-state index in [2.05, 4.69) is 0 Å². The van der Waals surface area contributed by atoms with Crippen LogP contribution < -0.4 is 103 Å². The molecule has 0 aromatic carbocycles. The molecule has 0 atom stereocenters. The summed E-state index contributed by atoms with van der Waals surface area (Å²) in [6.45, 7) is 0.472. The maximum Gasteiger partial charge on any atom is 1.00 e. The number of hydrogen-bond donors (Lipinski definition) is 0. The third kappa shape index (κ3) is 15.7. The van der Waals surface area contributed by atoms with Crippen molar-refractivity contribution < 1.29 is 103 Å². The predicted octanol–water partition coefficient (Wildman–Crippen LogP) is -4.90. The summed E-state index contributed by atoms with van der Waals surface area (Å²) in [5.74, 6) is 0. The first-order chi connectivity index (χ1) is 1.91. The SMILES string of the molecule is [K+].[K+].[NH-]CC[NH-]. The van der Waals surface area contributed by atoms with Crippen molar-refractivity contribution >= 4 is 0 Å². The molecule has 0 fully saturated rings. The van der Waals surface area contributed by atoms with Gasteiger partial charge in [-0.3, -0.25) is 0 Å².